The standard InChI is InChI=1S/C18H15Br/c19-18(15-14-17-10-5-2-6-11-17)13-7-12-16-8-3-1-4-9-16/h1-15H/b12-7+,15-14+,18-13-. The zero-order valence-corrected chi connectivity index (χ0v) is 12.1. The van der Waals surface area contributed by atoms with Gasteiger partial charge in [0.2, 0.25) is 0 Å². The maximum atomic E-state index is 3.53. The minimum absolute atomic E-state index is 1.04. The molecule has 19 heavy (non-hydrogen) atoms. The molecule has 0 unspecified atom stereocenters. The molecule has 0 nitrogen and oxygen atoms in total. The van der Waals surface area contributed by atoms with Crippen molar-refractivity contribution in [3.8, 4) is 0 Å². The van der Waals surface area contributed by atoms with E-state index in [1.54, 1.807) is 0 Å². The summed E-state index contributed by atoms with van der Waals surface area (Å²) in [6.45, 7) is 0. The number of hydrogen-bond acceptors (Lipinski definition) is 0. The van der Waals surface area contributed by atoms with Crippen molar-refractivity contribution in [1.29, 1.82) is 0 Å². The van der Waals surface area contributed by atoms with Gasteiger partial charge in [0.15, 0.2) is 0 Å². The van der Waals surface area contributed by atoms with Gasteiger partial charge in [-0.2, -0.15) is 0 Å². The summed E-state index contributed by atoms with van der Waals surface area (Å²) in [6.07, 6.45) is 10.3. The summed E-state index contributed by atoms with van der Waals surface area (Å²) < 4.78 is 1.04. The molecule has 0 atom stereocenters. The van der Waals surface area contributed by atoms with Gasteiger partial charge in [0, 0.05) is 4.48 Å². The lowest BCUT2D eigenvalue weighted by Crippen LogP contribution is -1.69. The van der Waals surface area contributed by atoms with Gasteiger partial charge in [-0.05, 0) is 23.3 Å². The third-order valence-corrected chi connectivity index (χ3v) is 3.11. The maximum absolute atomic E-state index is 3.53. The summed E-state index contributed by atoms with van der Waals surface area (Å²) >= 11 is 3.53. The smallest absolute Gasteiger partial charge is 0.0175 e. The molecule has 0 aromatic heterocycles. The highest BCUT2D eigenvalue weighted by molar-refractivity contribution is 9.11. The second-order valence-corrected chi connectivity index (χ2v) is 4.98. The average molecular weight is 311 g/mol. The van der Waals surface area contributed by atoms with Crippen LogP contribution in [0.5, 0.6) is 0 Å². The highest BCUT2D eigenvalue weighted by Crippen LogP contribution is 2.11. The quantitative estimate of drug-likeness (QED) is 0.636. The Labute approximate surface area is 122 Å². The van der Waals surface area contributed by atoms with Crippen LogP contribution in [0.1, 0.15) is 11.1 Å². The summed E-state index contributed by atoms with van der Waals surface area (Å²) in [5.41, 5.74) is 2.39. The molecule has 2 aromatic carbocycles. The van der Waals surface area contributed by atoms with E-state index in [4.69, 9.17) is 0 Å². The SMILES string of the molecule is BrC(=C\C=C\c1ccccc1)/C=C/c1ccccc1. The summed E-state index contributed by atoms with van der Waals surface area (Å²) in [4.78, 5) is 0. The molecular weight excluding hydrogens is 296 g/mol. The lowest BCUT2D eigenvalue weighted by molar-refractivity contribution is 1.65. The van der Waals surface area contributed by atoms with Crippen LogP contribution >= 0.6 is 15.9 Å². The van der Waals surface area contributed by atoms with Crippen molar-refractivity contribution in [3.63, 3.8) is 0 Å². The van der Waals surface area contributed by atoms with E-state index in [1.165, 1.54) is 11.1 Å². The molecule has 0 radical (unpaired) electrons. The summed E-state index contributed by atoms with van der Waals surface area (Å²) in [7, 11) is 0. The zero-order valence-electron chi connectivity index (χ0n) is 10.5. The summed E-state index contributed by atoms with van der Waals surface area (Å²) in [5, 5.41) is 0. The van der Waals surface area contributed by atoms with Crippen LogP contribution in [0.25, 0.3) is 12.2 Å². The van der Waals surface area contributed by atoms with E-state index in [-0.39, 0.29) is 0 Å². The normalized spacial score (nSPS) is 12.4. The second kappa shape index (κ2) is 7.55. The van der Waals surface area contributed by atoms with Gasteiger partial charge in [0.25, 0.3) is 0 Å². The summed E-state index contributed by atoms with van der Waals surface area (Å²) in [5.74, 6) is 0. The molecule has 94 valence electrons. The second-order valence-electron chi connectivity index (χ2n) is 4.07. The fourth-order valence-corrected chi connectivity index (χ4v) is 1.90. The predicted octanol–water partition coefficient (Wildman–Crippen LogP) is 5.69. The van der Waals surface area contributed by atoms with Crippen molar-refractivity contribution in [3.05, 3.63) is 94.5 Å². The topological polar surface area (TPSA) is 0 Å². The Morgan fingerprint density at radius 1 is 0.737 bits per heavy atom. The first kappa shape index (κ1) is 13.6. The van der Waals surface area contributed by atoms with Gasteiger partial charge in [-0.1, -0.05) is 94.8 Å². The molecule has 1 heteroatoms. The van der Waals surface area contributed by atoms with Crippen LogP contribution in [0, 0.1) is 0 Å². The molecule has 0 fully saturated rings. The number of halogens is 1. The van der Waals surface area contributed by atoms with Gasteiger partial charge < -0.3 is 0 Å². The van der Waals surface area contributed by atoms with Crippen molar-refractivity contribution in [1.82, 2.24) is 0 Å². The molecule has 0 aliphatic heterocycles. The van der Waals surface area contributed by atoms with Gasteiger partial charge in [0.1, 0.15) is 0 Å². The van der Waals surface area contributed by atoms with Gasteiger partial charge >= 0.3 is 0 Å². The number of hydrogen-bond donors (Lipinski definition) is 0. The van der Waals surface area contributed by atoms with E-state index in [2.05, 4.69) is 52.3 Å². The van der Waals surface area contributed by atoms with E-state index in [0.717, 1.165) is 4.48 Å². The van der Waals surface area contributed by atoms with Gasteiger partial charge in [-0.3, -0.25) is 0 Å². The molecule has 0 saturated carbocycles. The number of benzene rings is 2. The van der Waals surface area contributed by atoms with E-state index in [9.17, 15) is 0 Å². The molecule has 0 N–H and O–H groups in total. The van der Waals surface area contributed by atoms with Crippen LogP contribution in [0.3, 0.4) is 0 Å². The molecule has 0 heterocycles. The van der Waals surface area contributed by atoms with Crippen LogP contribution in [0.2, 0.25) is 0 Å². The molecule has 2 aromatic rings. The van der Waals surface area contributed by atoms with Gasteiger partial charge in [-0.15, -0.1) is 0 Å². The highest BCUT2D eigenvalue weighted by Gasteiger charge is 1.85. The predicted molar refractivity (Wildman–Crippen MR) is 88.0 cm³/mol. The first-order valence-corrected chi connectivity index (χ1v) is 6.96. The monoisotopic (exact) mass is 310 g/mol. The lowest BCUT2D eigenvalue weighted by Gasteiger charge is -1.92. The Bertz CT molecular complexity index is 578. The van der Waals surface area contributed by atoms with Crippen molar-refractivity contribution in [2.75, 3.05) is 0 Å². The minimum Gasteiger partial charge on any atom is -0.0622 e. The molecule has 0 bridgehead atoms. The third kappa shape index (κ3) is 5.11. The maximum Gasteiger partial charge on any atom is 0.0175 e. The van der Waals surface area contributed by atoms with Crippen molar-refractivity contribution in [2.45, 2.75) is 0 Å². The molecule has 0 aliphatic rings. The Morgan fingerprint density at radius 3 is 1.84 bits per heavy atom. The zero-order chi connectivity index (χ0) is 13.3. The first-order chi connectivity index (χ1) is 9.34. The van der Waals surface area contributed by atoms with Crippen LogP contribution in [-0.4, -0.2) is 0 Å². The number of rotatable bonds is 4. The Hall–Kier alpha value is -1.86. The largest absolute Gasteiger partial charge is 0.0622 e. The average Bonchev–Trinajstić information content (AvgIpc) is 2.47. The summed E-state index contributed by atoms with van der Waals surface area (Å²) in [6, 6.07) is 20.5. The van der Waals surface area contributed by atoms with Crippen LogP contribution < -0.4 is 0 Å². The molecule has 0 aliphatic carbocycles. The highest BCUT2D eigenvalue weighted by atomic mass is 79.9. The Balaban J connectivity index is 1.97. The minimum atomic E-state index is 1.04. The van der Waals surface area contributed by atoms with Crippen LogP contribution in [0.4, 0.5) is 0 Å². The van der Waals surface area contributed by atoms with E-state index >= 15 is 0 Å². The fraction of sp³-hybridized carbons (Fsp3) is 0. The fourth-order valence-electron chi connectivity index (χ4n) is 1.61. The van der Waals surface area contributed by atoms with E-state index in [1.807, 2.05) is 54.6 Å². The molecule has 0 saturated heterocycles. The van der Waals surface area contributed by atoms with Crippen LogP contribution in [-0.2, 0) is 0 Å². The van der Waals surface area contributed by atoms with E-state index < -0.39 is 0 Å². The Morgan fingerprint density at radius 2 is 1.26 bits per heavy atom. The van der Waals surface area contributed by atoms with Crippen molar-refractivity contribution in [2.24, 2.45) is 0 Å². The van der Waals surface area contributed by atoms with Gasteiger partial charge in [-0.25, -0.2) is 0 Å². The number of allylic oxidation sites excluding steroid dienone is 4. The Kier molecular flexibility index (Phi) is 5.39. The molecule has 2 rings (SSSR count). The lowest BCUT2D eigenvalue weighted by atomic mass is 10.2. The molecular formula is C18H15Br. The van der Waals surface area contributed by atoms with E-state index in [0.29, 0.717) is 0 Å². The van der Waals surface area contributed by atoms with Crippen molar-refractivity contribution < 1.29 is 0 Å². The van der Waals surface area contributed by atoms with Crippen LogP contribution in [0.15, 0.2) is 83.4 Å². The van der Waals surface area contributed by atoms with Crippen molar-refractivity contribution >= 4 is 28.1 Å². The molecule has 0 spiro atoms. The third-order valence-electron chi connectivity index (χ3n) is 2.58. The first-order valence-electron chi connectivity index (χ1n) is 6.17. The molecule has 0 amide bonds. The van der Waals surface area contributed by atoms with Gasteiger partial charge in [0.05, 0.1) is 0 Å².